The lowest BCUT2D eigenvalue weighted by Gasteiger charge is -2.13. The summed E-state index contributed by atoms with van der Waals surface area (Å²) in [4.78, 5) is 13.1. The Morgan fingerprint density at radius 3 is 2.33 bits per heavy atom. The van der Waals surface area contributed by atoms with E-state index in [4.69, 9.17) is 18.6 Å². The lowest BCUT2D eigenvalue weighted by Crippen LogP contribution is -2.06. The normalized spacial score (nSPS) is 11.0. The number of rotatable bonds is 8. The van der Waals surface area contributed by atoms with Crippen LogP contribution >= 0.6 is 0 Å². The molecule has 4 aromatic carbocycles. The predicted octanol–water partition coefficient (Wildman–Crippen LogP) is 8.08. The van der Waals surface area contributed by atoms with Crippen molar-refractivity contribution in [2.24, 2.45) is 0 Å². The van der Waals surface area contributed by atoms with E-state index in [1.54, 1.807) is 18.2 Å². The molecule has 5 aromatic rings. The van der Waals surface area contributed by atoms with Gasteiger partial charge in [-0.15, -0.1) is 0 Å². The van der Waals surface area contributed by atoms with Gasteiger partial charge in [-0.3, -0.25) is 4.79 Å². The summed E-state index contributed by atoms with van der Waals surface area (Å²) in [6, 6.07) is 30.2. The van der Waals surface area contributed by atoms with Gasteiger partial charge in [0, 0.05) is 6.07 Å². The number of benzene rings is 4. The monoisotopic (exact) mass is 478 g/mol. The number of fused-ring (bicyclic) bond motifs is 1. The van der Waals surface area contributed by atoms with Crippen LogP contribution in [0.5, 0.6) is 28.7 Å². The molecule has 1 heterocycles. The average molecular weight is 479 g/mol. The highest BCUT2D eigenvalue weighted by molar-refractivity contribution is 5.79. The highest BCUT2D eigenvalue weighted by atomic mass is 16.5. The molecule has 0 saturated carbocycles. The van der Waals surface area contributed by atoms with Crippen molar-refractivity contribution in [2.75, 3.05) is 0 Å². The number of para-hydroxylation sites is 2. The van der Waals surface area contributed by atoms with E-state index in [9.17, 15) is 4.79 Å². The first kappa shape index (κ1) is 23.2. The van der Waals surface area contributed by atoms with Gasteiger partial charge >= 0.3 is 0 Å². The third-order valence-electron chi connectivity index (χ3n) is 5.76. The summed E-state index contributed by atoms with van der Waals surface area (Å²) in [5.74, 6) is 3.17. The van der Waals surface area contributed by atoms with Crippen LogP contribution in [0.2, 0.25) is 0 Å². The molecule has 5 nitrogen and oxygen atoms in total. The van der Waals surface area contributed by atoms with Gasteiger partial charge in [-0.2, -0.15) is 0 Å². The maximum absolute atomic E-state index is 13.1. The van der Waals surface area contributed by atoms with Gasteiger partial charge in [-0.1, -0.05) is 62.4 Å². The molecular formula is C31H26O5. The molecule has 5 rings (SSSR count). The standard InChI is InChI=1S/C31H26O5/c1-21(2)26-13-6-7-14-28(26)36-30-20-34-29-18-24(15-16-27(29)31(30)32)33-19-22-9-8-12-25(17-22)35-23-10-4-3-5-11-23/h3-18,20-21H,19H2,1-2H3. The van der Waals surface area contributed by atoms with E-state index < -0.39 is 0 Å². The minimum absolute atomic E-state index is 0.152. The highest BCUT2D eigenvalue weighted by Crippen LogP contribution is 2.30. The van der Waals surface area contributed by atoms with Gasteiger partial charge in [0.2, 0.25) is 11.2 Å². The van der Waals surface area contributed by atoms with Crippen LogP contribution in [0.4, 0.5) is 0 Å². The topological polar surface area (TPSA) is 57.9 Å². The predicted molar refractivity (Wildman–Crippen MR) is 140 cm³/mol. The first-order valence-electron chi connectivity index (χ1n) is 11.8. The summed E-state index contributed by atoms with van der Waals surface area (Å²) in [7, 11) is 0. The number of hydrogen-bond donors (Lipinski definition) is 0. The van der Waals surface area contributed by atoms with E-state index in [0.29, 0.717) is 29.1 Å². The first-order valence-corrected chi connectivity index (χ1v) is 11.8. The Balaban J connectivity index is 1.31. The van der Waals surface area contributed by atoms with Crippen LogP contribution < -0.4 is 19.6 Å². The fourth-order valence-corrected chi connectivity index (χ4v) is 3.91. The van der Waals surface area contributed by atoms with Crippen LogP contribution in [0, 0.1) is 0 Å². The summed E-state index contributed by atoms with van der Waals surface area (Å²) in [5.41, 5.74) is 2.19. The minimum atomic E-state index is -0.230. The smallest absolute Gasteiger partial charge is 0.235 e. The van der Waals surface area contributed by atoms with Gasteiger partial charge in [-0.25, -0.2) is 0 Å². The fourth-order valence-electron chi connectivity index (χ4n) is 3.91. The molecule has 0 N–H and O–H groups in total. The van der Waals surface area contributed by atoms with Gasteiger partial charge in [0.05, 0.1) is 5.39 Å². The Hall–Kier alpha value is -4.51. The van der Waals surface area contributed by atoms with Crippen LogP contribution in [-0.4, -0.2) is 0 Å². The zero-order valence-electron chi connectivity index (χ0n) is 20.1. The van der Waals surface area contributed by atoms with Crippen LogP contribution in [-0.2, 0) is 6.61 Å². The molecule has 0 saturated heterocycles. The van der Waals surface area contributed by atoms with Crippen LogP contribution in [0.1, 0.15) is 30.9 Å². The van der Waals surface area contributed by atoms with E-state index in [-0.39, 0.29) is 17.1 Å². The van der Waals surface area contributed by atoms with Crippen molar-refractivity contribution in [1.82, 2.24) is 0 Å². The zero-order chi connectivity index (χ0) is 24.9. The van der Waals surface area contributed by atoms with Crippen molar-refractivity contribution in [3.8, 4) is 28.7 Å². The largest absolute Gasteiger partial charge is 0.489 e. The van der Waals surface area contributed by atoms with Gasteiger partial charge in [0.15, 0.2) is 0 Å². The van der Waals surface area contributed by atoms with Crippen LogP contribution in [0.15, 0.2) is 113 Å². The minimum Gasteiger partial charge on any atom is -0.489 e. The maximum Gasteiger partial charge on any atom is 0.235 e. The molecule has 36 heavy (non-hydrogen) atoms. The Morgan fingerprint density at radius 2 is 1.50 bits per heavy atom. The van der Waals surface area contributed by atoms with Crippen molar-refractivity contribution in [2.45, 2.75) is 26.4 Å². The first-order chi connectivity index (χ1) is 17.6. The Bertz CT molecular complexity index is 1540. The van der Waals surface area contributed by atoms with Crippen molar-refractivity contribution in [3.63, 3.8) is 0 Å². The second-order valence-corrected chi connectivity index (χ2v) is 8.73. The molecule has 180 valence electrons. The zero-order valence-corrected chi connectivity index (χ0v) is 20.1. The van der Waals surface area contributed by atoms with Crippen LogP contribution in [0.3, 0.4) is 0 Å². The van der Waals surface area contributed by atoms with Gasteiger partial charge < -0.3 is 18.6 Å². The Kier molecular flexibility index (Phi) is 6.72. The lowest BCUT2D eigenvalue weighted by molar-refractivity contribution is 0.305. The molecule has 0 fully saturated rings. The van der Waals surface area contributed by atoms with E-state index >= 15 is 0 Å². The fraction of sp³-hybridized carbons (Fsp3) is 0.129. The van der Waals surface area contributed by atoms with Gasteiger partial charge in [0.1, 0.15) is 41.5 Å². The molecule has 0 bridgehead atoms. The summed E-state index contributed by atoms with van der Waals surface area (Å²) < 4.78 is 23.6. The van der Waals surface area contributed by atoms with Crippen molar-refractivity contribution >= 4 is 11.0 Å². The third-order valence-corrected chi connectivity index (χ3v) is 5.76. The van der Waals surface area contributed by atoms with Crippen molar-refractivity contribution < 1.29 is 18.6 Å². The third kappa shape index (κ3) is 5.26. The van der Waals surface area contributed by atoms with Gasteiger partial charge in [0.25, 0.3) is 0 Å². The molecule has 0 spiro atoms. The van der Waals surface area contributed by atoms with E-state index in [0.717, 1.165) is 22.6 Å². The number of hydrogen-bond acceptors (Lipinski definition) is 5. The lowest BCUT2D eigenvalue weighted by atomic mass is 10.0. The van der Waals surface area contributed by atoms with Gasteiger partial charge in [-0.05, 0) is 59.5 Å². The quantitative estimate of drug-likeness (QED) is 0.226. The Morgan fingerprint density at radius 1 is 0.722 bits per heavy atom. The highest BCUT2D eigenvalue weighted by Gasteiger charge is 2.13. The molecule has 0 aliphatic heterocycles. The average Bonchev–Trinajstić information content (AvgIpc) is 2.90. The van der Waals surface area contributed by atoms with E-state index in [1.165, 1.54) is 6.26 Å². The molecule has 1 aromatic heterocycles. The summed E-state index contributed by atoms with van der Waals surface area (Å²) in [5, 5.41) is 0.431. The maximum atomic E-state index is 13.1. The summed E-state index contributed by atoms with van der Waals surface area (Å²) in [6.45, 7) is 4.51. The molecule has 0 radical (unpaired) electrons. The SMILES string of the molecule is CC(C)c1ccccc1Oc1coc2cc(OCc3cccc(Oc4ccccc4)c3)ccc2c1=O. The molecule has 0 atom stereocenters. The van der Waals surface area contributed by atoms with Crippen molar-refractivity contribution in [1.29, 1.82) is 0 Å². The Labute approximate surface area is 209 Å². The van der Waals surface area contributed by atoms with E-state index in [2.05, 4.69) is 13.8 Å². The molecular weight excluding hydrogens is 452 g/mol. The number of ether oxygens (including phenoxy) is 3. The molecule has 5 heteroatoms. The summed E-state index contributed by atoms with van der Waals surface area (Å²) >= 11 is 0. The van der Waals surface area contributed by atoms with Crippen LogP contribution in [0.25, 0.3) is 11.0 Å². The molecule has 0 amide bonds. The van der Waals surface area contributed by atoms with Crippen molar-refractivity contribution in [3.05, 3.63) is 125 Å². The second-order valence-electron chi connectivity index (χ2n) is 8.73. The van der Waals surface area contributed by atoms with E-state index in [1.807, 2.05) is 78.9 Å². The molecule has 0 unspecified atom stereocenters. The molecule has 0 aliphatic carbocycles. The summed E-state index contributed by atoms with van der Waals surface area (Å²) in [6.07, 6.45) is 1.36. The second kappa shape index (κ2) is 10.4. The molecule has 0 aliphatic rings.